The molecular formula is C33H35ClN8O5. The predicted octanol–water partition coefficient (Wildman–Crippen LogP) is 6.92. The highest BCUT2D eigenvalue weighted by Gasteiger charge is 2.45. The number of carbonyl (C=O) groups excluding carboxylic acids is 2. The summed E-state index contributed by atoms with van der Waals surface area (Å²) in [6.07, 6.45) is 2.28. The molecule has 0 atom stereocenters. The first kappa shape index (κ1) is 33.3. The van der Waals surface area contributed by atoms with Crippen molar-refractivity contribution in [1.82, 2.24) is 20.3 Å². The van der Waals surface area contributed by atoms with Gasteiger partial charge >= 0.3 is 5.69 Å². The Morgan fingerprint density at radius 1 is 0.894 bits per heavy atom. The van der Waals surface area contributed by atoms with Gasteiger partial charge in [0.2, 0.25) is 11.8 Å². The lowest BCUT2D eigenvalue weighted by Gasteiger charge is -2.51. The summed E-state index contributed by atoms with van der Waals surface area (Å²) in [6.45, 7) is 7.76. The van der Waals surface area contributed by atoms with Crippen LogP contribution in [-0.4, -0.2) is 54.1 Å². The molecule has 1 aromatic heterocycles. The fourth-order valence-electron chi connectivity index (χ4n) is 5.75. The van der Waals surface area contributed by atoms with Crippen LogP contribution >= 0.6 is 11.6 Å². The van der Waals surface area contributed by atoms with Gasteiger partial charge in [0.1, 0.15) is 6.20 Å². The number of hydrogen-bond acceptors (Lipinski definition) is 10. The Balaban J connectivity index is 1.24. The molecule has 3 aromatic carbocycles. The Hall–Kier alpha value is -5.11. The number of nitro groups is 1. The van der Waals surface area contributed by atoms with E-state index in [0.29, 0.717) is 46.1 Å². The second kappa shape index (κ2) is 13.3. The summed E-state index contributed by atoms with van der Waals surface area (Å²) in [5, 5.41) is 35.9. The zero-order valence-electron chi connectivity index (χ0n) is 26.2. The van der Waals surface area contributed by atoms with Gasteiger partial charge in [-0.3, -0.25) is 19.7 Å². The van der Waals surface area contributed by atoms with Crippen LogP contribution in [0.5, 0.6) is 0 Å². The summed E-state index contributed by atoms with van der Waals surface area (Å²) in [7, 11) is 0. The van der Waals surface area contributed by atoms with Gasteiger partial charge in [0.15, 0.2) is 0 Å². The SMILES string of the molecule is CC1(C)CC(NC(=O)c2ccc(Nc3ncc([N+](=O)[O-])c(Nc4ccc(C(=O)Nc5cccc(Cl)c5)cc4)n3)cc2)CC(C)(C)N1O. The van der Waals surface area contributed by atoms with E-state index in [9.17, 15) is 24.9 Å². The molecule has 0 spiro atoms. The number of piperidine rings is 1. The first-order valence-electron chi connectivity index (χ1n) is 14.8. The van der Waals surface area contributed by atoms with Crippen LogP contribution in [0.25, 0.3) is 0 Å². The lowest BCUT2D eigenvalue weighted by molar-refractivity contribution is -0.384. The molecule has 0 radical (unpaired) electrons. The fraction of sp³-hybridized carbons (Fsp3) is 0.273. The van der Waals surface area contributed by atoms with E-state index in [-0.39, 0.29) is 35.3 Å². The third-order valence-corrected chi connectivity index (χ3v) is 8.07. The minimum absolute atomic E-state index is 0.0561. The minimum atomic E-state index is -0.598. The molecule has 0 saturated carbocycles. The van der Waals surface area contributed by atoms with Gasteiger partial charge in [0.25, 0.3) is 11.8 Å². The molecule has 244 valence electrons. The number of aromatic nitrogens is 2. The number of rotatable bonds is 9. The first-order chi connectivity index (χ1) is 22.2. The van der Waals surface area contributed by atoms with E-state index in [0.717, 1.165) is 6.20 Å². The topological polar surface area (TPSA) is 175 Å². The van der Waals surface area contributed by atoms with Crippen molar-refractivity contribution in [2.45, 2.75) is 57.7 Å². The molecule has 14 heteroatoms. The van der Waals surface area contributed by atoms with Crippen LogP contribution in [-0.2, 0) is 0 Å². The molecule has 1 fully saturated rings. The molecule has 0 bridgehead atoms. The normalized spacial score (nSPS) is 15.8. The molecule has 4 aromatic rings. The maximum absolute atomic E-state index is 13.0. The highest BCUT2D eigenvalue weighted by atomic mass is 35.5. The Bertz CT molecular complexity index is 1780. The number of benzene rings is 3. The molecule has 5 N–H and O–H groups in total. The lowest BCUT2D eigenvalue weighted by Crippen LogP contribution is -2.62. The first-order valence-corrected chi connectivity index (χ1v) is 15.2. The number of carbonyl (C=O) groups is 2. The molecule has 2 amide bonds. The third kappa shape index (κ3) is 8.01. The molecule has 1 saturated heterocycles. The van der Waals surface area contributed by atoms with E-state index in [2.05, 4.69) is 31.2 Å². The quantitative estimate of drug-likeness (QED) is 0.0938. The molecule has 13 nitrogen and oxygen atoms in total. The molecule has 0 aliphatic carbocycles. The van der Waals surface area contributed by atoms with Crippen molar-refractivity contribution >= 4 is 57.9 Å². The van der Waals surface area contributed by atoms with E-state index in [1.54, 1.807) is 72.8 Å². The average molecular weight is 659 g/mol. The van der Waals surface area contributed by atoms with Crippen LogP contribution in [0, 0.1) is 10.1 Å². The average Bonchev–Trinajstić information content (AvgIpc) is 3.00. The second-order valence-electron chi connectivity index (χ2n) is 12.6. The van der Waals surface area contributed by atoms with E-state index in [1.807, 2.05) is 27.7 Å². The summed E-state index contributed by atoms with van der Waals surface area (Å²) in [6, 6.07) is 19.7. The number of nitrogens with one attached hydrogen (secondary N) is 4. The van der Waals surface area contributed by atoms with Gasteiger partial charge in [-0.05, 0) is 107 Å². The zero-order chi connectivity index (χ0) is 33.9. The molecule has 1 aliphatic heterocycles. The lowest BCUT2D eigenvalue weighted by atomic mass is 9.79. The number of hydrogen-bond donors (Lipinski definition) is 5. The molecule has 1 aliphatic rings. The number of amides is 2. The van der Waals surface area contributed by atoms with Gasteiger partial charge in [-0.15, -0.1) is 0 Å². The number of nitrogens with zero attached hydrogens (tertiary/aromatic N) is 4. The second-order valence-corrected chi connectivity index (χ2v) is 13.0. The van der Waals surface area contributed by atoms with Crippen LogP contribution in [0.2, 0.25) is 5.02 Å². The highest BCUT2D eigenvalue weighted by molar-refractivity contribution is 6.31. The summed E-state index contributed by atoms with van der Waals surface area (Å²) in [5.41, 5.74) is 1.06. The van der Waals surface area contributed by atoms with Gasteiger partial charge in [0.05, 0.1) is 4.92 Å². The number of hydroxylamine groups is 2. The van der Waals surface area contributed by atoms with Crippen molar-refractivity contribution in [2.75, 3.05) is 16.0 Å². The van der Waals surface area contributed by atoms with Crippen LogP contribution in [0.1, 0.15) is 61.3 Å². The van der Waals surface area contributed by atoms with Crippen molar-refractivity contribution in [1.29, 1.82) is 0 Å². The van der Waals surface area contributed by atoms with E-state index in [4.69, 9.17) is 11.6 Å². The predicted molar refractivity (Wildman–Crippen MR) is 180 cm³/mol. The maximum atomic E-state index is 13.0. The van der Waals surface area contributed by atoms with Crippen LogP contribution < -0.4 is 21.3 Å². The van der Waals surface area contributed by atoms with Crippen molar-refractivity contribution in [3.05, 3.63) is 105 Å². The standard InChI is InChI=1S/C33H35ClN8O5/c1-32(2)17-26(18-33(3,4)42(32)47)38-30(44)21-10-14-24(15-11-21)39-31-35-19-27(41(45)46)28(40-31)36-23-12-8-20(9-13-23)29(43)37-25-7-5-6-22(34)16-25/h5-16,19,26,47H,17-18H2,1-4H3,(H,37,43)(H,38,44)(H2,35,36,39,40). The van der Waals surface area contributed by atoms with Crippen LogP contribution in [0.3, 0.4) is 0 Å². The summed E-state index contributed by atoms with van der Waals surface area (Å²) in [5.74, 6) is -0.542. The Kier molecular flexibility index (Phi) is 9.43. The van der Waals surface area contributed by atoms with Crippen molar-refractivity contribution in [3.8, 4) is 0 Å². The van der Waals surface area contributed by atoms with Gasteiger partial charge < -0.3 is 26.5 Å². The van der Waals surface area contributed by atoms with E-state index >= 15 is 0 Å². The third-order valence-electron chi connectivity index (χ3n) is 7.84. The summed E-state index contributed by atoms with van der Waals surface area (Å²) in [4.78, 5) is 45.2. The van der Waals surface area contributed by atoms with Crippen molar-refractivity contribution in [3.63, 3.8) is 0 Å². The fourth-order valence-corrected chi connectivity index (χ4v) is 5.94. The van der Waals surface area contributed by atoms with Crippen LogP contribution in [0.4, 0.5) is 34.5 Å². The molecule has 2 heterocycles. The molecule has 0 unspecified atom stereocenters. The molecule has 47 heavy (non-hydrogen) atoms. The number of halogens is 1. The molecule has 5 rings (SSSR count). The smallest absolute Gasteiger partial charge is 0.329 e. The Morgan fingerprint density at radius 2 is 1.47 bits per heavy atom. The minimum Gasteiger partial charge on any atom is -0.349 e. The van der Waals surface area contributed by atoms with Crippen LogP contribution in [0.15, 0.2) is 79.0 Å². The Labute approximate surface area is 276 Å². The van der Waals surface area contributed by atoms with E-state index in [1.165, 1.54) is 5.06 Å². The van der Waals surface area contributed by atoms with Gasteiger partial charge in [-0.1, -0.05) is 17.7 Å². The highest BCUT2D eigenvalue weighted by Crippen LogP contribution is 2.37. The van der Waals surface area contributed by atoms with Gasteiger partial charge in [-0.2, -0.15) is 10.0 Å². The number of anilines is 5. The van der Waals surface area contributed by atoms with E-state index < -0.39 is 16.0 Å². The Morgan fingerprint density at radius 3 is 2.04 bits per heavy atom. The largest absolute Gasteiger partial charge is 0.349 e. The monoisotopic (exact) mass is 658 g/mol. The van der Waals surface area contributed by atoms with Crippen molar-refractivity contribution in [2.24, 2.45) is 0 Å². The summed E-state index contributed by atoms with van der Waals surface area (Å²) < 4.78 is 0. The van der Waals surface area contributed by atoms with Gasteiger partial charge in [-0.25, -0.2) is 4.98 Å². The zero-order valence-corrected chi connectivity index (χ0v) is 27.0. The summed E-state index contributed by atoms with van der Waals surface area (Å²) >= 11 is 5.98. The molecular weight excluding hydrogens is 624 g/mol. The maximum Gasteiger partial charge on any atom is 0.329 e. The van der Waals surface area contributed by atoms with Crippen molar-refractivity contribution < 1.29 is 19.7 Å². The van der Waals surface area contributed by atoms with Gasteiger partial charge in [0, 0.05) is 50.3 Å².